The van der Waals surface area contributed by atoms with E-state index in [2.05, 4.69) is 15.1 Å². The summed E-state index contributed by atoms with van der Waals surface area (Å²) in [4.78, 5) is 20.5. The van der Waals surface area contributed by atoms with Crippen LogP contribution in [-0.2, 0) is 15.6 Å². The Morgan fingerprint density at radius 2 is 1.77 bits per heavy atom. The molecule has 3 aromatic rings. The monoisotopic (exact) mass is 677 g/mol. The average Bonchev–Trinajstić information content (AvgIpc) is 3.55. The second-order valence-electron chi connectivity index (χ2n) is 10.4. The summed E-state index contributed by atoms with van der Waals surface area (Å²) < 4.78 is 142. The van der Waals surface area contributed by atoms with Gasteiger partial charge in [-0.1, -0.05) is 11.2 Å². The number of aromatic nitrogens is 3. The van der Waals surface area contributed by atoms with Gasteiger partial charge in [-0.3, -0.25) is 4.79 Å². The molecule has 4 rings (SSSR count). The van der Waals surface area contributed by atoms with Gasteiger partial charge < -0.3 is 14.5 Å². The lowest BCUT2D eigenvalue weighted by Crippen LogP contribution is -2.43. The van der Waals surface area contributed by atoms with Crippen LogP contribution in [0.4, 0.5) is 35.1 Å². The van der Waals surface area contributed by atoms with Crippen LogP contribution in [0.2, 0.25) is 0 Å². The van der Waals surface area contributed by atoms with Crippen LogP contribution in [0.15, 0.2) is 21.6 Å². The molecule has 1 aliphatic heterocycles. The van der Waals surface area contributed by atoms with E-state index in [-0.39, 0.29) is 16.7 Å². The van der Waals surface area contributed by atoms with Crippen LogP contribution >= 0.6 is 11.3 Å². The Kier molecular flexibility index (Phi) is 8.88. The van der Waals surface area contributed by atoms with E-state index < -0.39 is 104 Å². The number of halogens is 8. The molecule has 0 spiro atoms. The fourth-order valence-corrected chi connectivity index (χ4v) is 6.38. The standard InChI is InChI=1S/C24H23F8N5O5S2/c1-10(24(30,31)32)36-44(40,41)12-5-4-11(13(14(12)25)17(26)27)16-15(20(38)37-8-6-23(28,29)7-9-37)33-19(43-16)18-34-21(42-35-18)22(2,3)39/h4-5,10,17,36,39H,6-9H2,1-3H3. The van der Waals surface area contributed by atoms with E-state index in [0.29, 0.717) is 30.4 Å². The first-order valence-corrected chi connectivity index (χ1v) is 14.9. The minimum Gasteiger partial charge on any atom is -0.381 e. The van der Waals surface area contributed by atoms with Gasteiger partial charge >= 0.3 is 6.18 Å². The number of hydrogen-bond donors (Lipinski definition) is 2. The second kappa shape index (κ2) is 11.6. The summed E-state index contributed by atoms with van der Waals surface area (Å²) >= 11 is 0.462. The number of benzene rings is 1. The van der Waals surface area contributed by atoms with Crippen molar-refractivity contribution in [2.75, 3.05) is 13.1 Å². The maximum atomic E-state index is 15.5. The van der Waals surface area contributed by atoms with Crippen molar-refractivity contribution in [1.82, 2.24) is 24.7 Å². The number of hydrogen-bond acceptors (Lipinski definition) is 9. The molecule has 1 amide bonds. The smallest absolute Gasteiger partial charge is 0.381 e. The maximum Gasteiger partial charge on any atom is 0.404 e. The molecular formula is C24H23F8N5O5S2. The molecule has 0 saturated carbocycles. The predicted octanol–water partition coefficient (Wildman–Crippen LogP) is 5.26. The number of amides is 1. The van der Waals surface area contributed by atoms with Crippen molar-refractivity contribution in [2.45, 2.75) is 68.7 Å². The van der Waals surface area contributed by atoms with Crippen LogP contribution in [0, 0.1) is 5.82 Å². The molecule has 2 aromatic heterocycles. The number of nitrogens with one attached hydrogen (secondary N) is 1. The van der Waals surface area contributed by atoms with Crippen molar-refractivity contribution in [1.29, 1.82) is 0 Å². The van der Waals surface area contributed by atoms with Gasteiger partial charge in [0.15, 0.2) is 10.8 Å². The molecule has 1 aromatic carbocycles. The van der Waals surface area contributed by atoms with Gasteiger partial charge in [-0.2, -0.15) is 22.9 Å². The van der Waals surface area contributed by atoms with E-state index in [4.69, 9.17) is 4.52 Å². The van der Waals surface area contributed by atoms with Gasteiger partial charge in [-0.05, 0) is 26.8 Å². The predicted molar refractivity (Wildman–Crippen MR) is 137 cm³/mol. The fraction of sp³-hybridized carbons (Fsp3) is 0.500. The lowest BCUT2D eigenvalue weighted by Gasteiger charge is -2.31. The summed E-state index contributed by atoms with van der Waals surface area (Å²) in [5, 5.41) is 13.5. The average molecular weight is 678 g/mol. The molecule has 2 N–H and O–H groups in total. The minimum atomic E-state index is -5.32. The number of carbonyl (C=O) groups excluding carboxylic acids is 1. The number of thiazole rings is 1. The molecular weight excluding hydrogens is 654 g/mol. The first kappa shape index (κ1) is 33.7. The number of piperidine rings is 1. The van der Waals surface area contributed by atoms with E-state index in [0.717, 1.165) is 4.90 Å². The van der Waals surface area contributed by atoms with Crippen LogP contribution < -0.4 is 4.72 Å². The highest BCUT2D eigenvalue weighted by molar-refractivity contribution is 7.89. The Hall–Kier alpha value is -3.23. The third kappa shape index (κ3) is 6.86. The lowest BCUT2D eigenvalue weighted by molar-refractivity contribution is -0.147. The molecule has 1 atom stereocenters. The second-order valence-corrected chi connectivity index (χ2v) is 13.0. The summed E-state index contributed by atoms with van der Waals surface area (Å²) in [5.74, 6) is -6.79. The molecule has 0 bridgehead atoms. The van der Waals surface area contributed by atoms with Crippen LogP contribution in [0.3, 0.4) is 0 Å². The van der Waals surface area contributed by atoms with E-state index in [9.17, 15) is 49.1 Å². The molecule has 10 nitrogen and oxygen atoms in total. The van der Waals surface area contributed by atoms with Gasteiger partial charge in [0.25, 0.3) is 24.1 Å². The summed E-state index contributed by atoms with van der Waals surface area (Å²) in [6.07, 6.45) is -10.3. The van der Waals surface area contributed by atoms with Crippen molar-refractivity contribution in [3.05, 3.63) is 35.1 Å². The Morgan fingerprint density at radius 1 is 1.16 bits per heavy atom. The van der Waals surface area contributed by atoms with Crippen molar-refractivity contribution in [2.24, 2.45) is 0 Å². The zero-order valence-electron chi connectivity index (χ0n) is 22.8. The molecule has 20 heteroatoms. The molecule has 3 heterocycles. The number of sulfonamides is 1. The number of aliphatic hydroxyl groups is 1. The number of likely N-dealkylation sites (tertiary alicyclic amines) is 1. The van der Waals surface area contributed by atoms with Crippen molar-refractivity contribution in [3.63, 3.8) is 0 Å². The molecule has 0 radical (unpaired) electrons. The van der Waals surface area contributed by atoms with Gasteiger partial charge in [0.05, 0.1) is 10.4 Å². The molecule has 1 unspecified atom stereocenters. The summed E-state index contributed by atoms with van der Waals surface area (Å²) in [6.45, 7) is 2.14. The molecule has 1 aliphatic rings. The minimum absolute atomic E-state index is 0.261. The number of carbonyl (C=O) groups is 1. The Labute approximate surface area is 248 Å². The van der Waals surface area contributed by atoms with E-state index in [1.165, 1.54) is 18.6 Å². The van der Waals surface area contributed by atoms with Crippen LogP contribution in [-0.4, -0.2) is 70.7 Å². The number of alkyl halides is 7. The Morgan fingerprint density at radius 3 is 2.30 bits per heavy atom. The van der Waals surface area contributed by atoms with E-state index in [1.807, 2.05) is 0 Å². The number of rotatable bonds is 8. The van der Waals surface area contributed by atoms with Gasteiger partial charge in [-0.15, -0.1) is 11.3 Å². The third-order valence-electron chi connectivity index (χ3n) is 6.47. The molecule has 1 fully saturated rings. The zero-order chi connectivity index (χ0) is 33.0. The number of nitrogens with zero attached hydrogens (tertiary/aromatic N) is 4. The van der Waals surface area contributed by atoms with Crippen molar-refractivity contribution < 1.29 is 58.0 Å². The Bertz CT molecular complexity index is 1660. The van der Waals surface area contributed by atoms with Crippen LogP contribution in [0.5, 0.6) is 0 Å². The molecule has 1 saturated heterocycles. The highest BCUT2D eigenvalue weighted by Gasteiger charge is 2.41. The van der Waals surface area contributed by atoms with Gasteiger partial charge in [-0.25, -0.2) is 35.4 Å². The molecule has 44 heavy (non-hydrogen) atoms. The Balaban J connectivity index is 1.87. The first-order chi connectivity index (χ1) is 20.1. The largest absolute Gasteiger partial charge is 0.404 e. The lowest BCUT2D eigenvalue weighted by atomic mass is 10.0. The topological polar surface area (TPSA) is 139 Å². The van der Waals surface area contributed by atoms with Crippen molar-refractivity contribution >= 4 is 27.3 Å². The maximum absolute atomic E-state index is 15.5. The molecule has 0 aliphatic carbocycles. The first-order valence-electron chi connectivity index (χ1n) is 12.6. The van der Waals surface area contributed by atoms with Gasteiger partial charge in [0.2, 0.25) is 15.8 Å². The zero-order valence-corrected chi connectivity index (χ0v) is 24.5. The summed E-state index contributed by atoms with van der Waals surface area (Å²) in [7, 11) is -5.32. The van der Waals surface area contributed by atoms with E-state index in [1.54, 1.807) is 0 Å². The van der Waals surface area contributed by atoms with Crippen LogP contribution in [0.25, 0.3) is 21.3 Å². The van der Waals surface area contributed by atoms with Gasteiger partial charge in [0.1, 0.15) is 22.2 Å². The summed E-state index contributed by atoms with van der Waals surface area (Å²) in [5.41, 5.74) is -4.58. The SMILES string of the molecule is CC(NS(=O)(=O)c1ccc(-c2sc(-c3noc(C(C)(C)O)n3)nc2C(=O)N2CCC(F)(F)CC2)c(C(F)F)c1F)C(F)(F)F. The highest BCUT2D eigenvalue weighted by Crippen LogP contribution is 2.43. The summed E-state index contributed by atoms with van der Waals surface area (Å²) in [6, 6.07) is -1.60. The van der Waals surface area contributed by atoms with Gasteiger partial charge in [0, 0.05) is 31.5 Å². The third-order valence-corrected chi connectivity index (χ3v) is 9.11. The quantitative estimate of drug-likeness (QED) is 0.308. The molecule has 242 valence electrons. The fourth-order valence-electron chi connectivity index (χ4n) is 4.04. The van der Waals surface area contributed by atoms with Crippen LogP contribution in [0.1, 0.15) is 62.0 Å². The van der Waals surface area contributed by atoms with E-state index >= 15 is 4.39 Å². The highest BCUT2D eigenvalue weighted by atomic mass is 32.2. The normalized spacial score (nSPS) is 16.9. The van der Waals surface area contributed by atoms with Crippen molar-refractivity contribution in [3.8, 4) is 21.3 Å².